The molecule has 0 atom stereocenters. The van der Waals surface area contributed by atoms with E-state index < -0.39 is 0 Å². The van der Waals surface area contributed by atoms with Crippen molar-refractivity contribution in [1.82, 2.24) is 4.98 Å². The Labute approximate surface area is 65.1 Å². The smallest absolute Gasteiger partial charge is 0.191 e. The summed E-state index contributed by atoms with van der Waals surface area (Å²) < 4.78 is 0. The lowest BCUT2D eigenvalue weighted by Gasteiger charge is -1.95. The second-order valence-electron chi connectivity index (χ2n) is 2.50. The van der Waals surface area contributed by atoms with E-state index >= 15 is 0 Å². The van der Waals surface area contributed by atoms with Gasteiger partial charge in [-0.15, -0.1) is 0 Å². The summed E-state index contributed by atoms with van der Waals surface area (Å²) in [4.78, 5) is 12.7. The van der Waals surface area contributed by atoms with Gasteiger partial charge in [0.25, 0.3) is 0 Å². The highest BCUT2D eigenvalue weighted by atomic mass is 16.3. The van der Waals surface area contributed by atoms with Crippen LogP contribution in [0.4, 0.5) is 0 Å². The number of carbonyl (C=O) groups is 1. The number of hydrogen-bond acceptors (Lipinski definition) is 2. The van der Waals surface area contributed by atoms with E-state index in [0.29, 0.717) is 12.8 Å². The molecule has 60 valence electrons. The fourth-order valence-electron chi connectivity index (χ4n) is 1.06. The van der Waals surface area contributed by atoms with Crippen molar-refractivity contribution in [3.63, 3.8) is 0 Å². The molecule has 11 heavy (non-hydrogen) atoms. The Morgan fingerprint density at radius 1 is 1.73 bits per heavy atom. The zero-order valence-corrected chi connectivity index (χ0v) is 6.42. The molecule has 0 spiro atoms. The van der Waals surface area contributed by atoms with Gasteiger partial charge in [-0.3, -0.25) is 0 Å². The van der Waals surface area contributed by atoms with Crippen LogP contribution in [0.25, 0.3) is 0 Å². The molecule has 2 N–H and O–H groups in total. The van der Waals surface area contributed by atoms with Crippen molar-refractivity contribution in [3.8, 4) is 5.88 Å². The van der Waals surface area contributed by atoms with E-state index in [1.54, 1.807) is 6.20 Å². The van der Waals surface area contributed by atoms with Crippen LogP contribution in [0.3, 0.4) is 0 Å². The Morgan fingerprint density at radius 3 is 2.91 bits per heavy atom. The standard InChI is InChI=1S/C8H11NO2/c1-6-5-9-8(11)7(6)3-2-4-10/h4-5,9,11H,2-3H2,1H3. The fraction of sp³-hybridized carbons (Fsp3) is 0.375. The van der Waals surface area contributed by atoms with Gasteiger partial charge in [0.05, 0.1) is 0 Å². The number of aromatic hydroxyl groups is 1. The van der Waals surface area contributed by atoms with Crippen molar-refractivity contribution in [1.29, 1.82) is 0 Å². The summed E-state index contributed by atoms with van der Waals surface area (Å²) in [6.45, 7) is 1.90. The minimum Gasteiger partial charge on any atom is -0.494 e. The lowest BCUT2D eigenvalue weighted by molar-refractivity contribution is -0.107. The van der Waals surface area contributed by atoms with Gasteiger partial charge in [0.1, 0.15) is 6.29 Å². The molecule has 1 rings (SSSR count). The Balaban J connectivity index is 2.74. The minimum absolute atomic E-state index is 0.185. The highest BCUT2D eigenvalue weighted by Crippen LogP contribution is 2.19. The van der Waals surface area contributed by atoms with Crippen molar-refractivity contribution < 1.29 is 9.90 Å². The molecule has 1 aromatic heterocycles. The van der Waals surface area contributed by atoms with Crippen LogP contribution in [0, 0.1) is 6.92 Å². The van der Waals surface area contributed by atoms with Crippen LogP contribution in [0.5, 0.6) is 5.88 Å². The van der Waals surface area contributed by atoms with Crippen LogP contribution >= 0.6 is 0 Å². The Kier molecular flexibility index (Phi) is 2.31. The lowest BCUT2D eigenvalue weighted by Crippen LogP contribution is -1.86. The molecule has 3 nitrogen and oxygen atoms in total. The topological polar surface area (TPSA) is 53.1 Å². The van der Waals surface area contributed by atoms with Gasteiger partial charge in [-0.1, -0.05) is 0 Å². The van der Waals surface area contributed by atoms with Crippen molar-refractivity contribution in [3.05, 3.63) is 17.3 Å². The second kappa shape index (κ2) is 3.23. The zero-order chi connectivity index (χ0) is 8.27. The molecule has 1 heterocycles. The highest BCUT2D eigenvalue weighted by Gasteiger charge is 2.05. The molecule has 0 bridgehead atoms. The molecule has 0 aliphatic carbocycles. The summed E-state index contributed by atoms with van der Waals surface area (Å²) in [6.07, 6.45) is 3.66. The van der Waals surface area contributed by atoms with Crippen LogP contribution in [-0.4, -0.2) is 16.4 Å². The van der Waals surface area contributed by atoms with E-state index in [1.807, 2.05) is 6.92 Å². The third-order valence-corrected chi connectivity index (χ3v) is 1.70. The predicted molar refractivity (Wildman–Crippen MR) is 41.6 cm³/mol. The quantitative estimate of drug-likeness (QED) is 0.640. The summed E-state index contributed by atoms with van der Waals surface area (Å²) in [5.41, 5.74) is 1.85. The van der Waals surface area contributed by atoms with Crippen LogP contribution < -0.4 is 0 Å². The normalized spacial score (nSPS) is 9.91. The number of nitrogens with one attached hydrogen (secondary N) is 1. The van der Waals surface area contributed by atoms with Crippen molar-refractivity contribution in [2.75, 3.05) is 0 Å². The number of aromatic amines is 1. The van der Waals surface area contributed by atoms with Crippen molar-refractivity contribution in [2.45, 2.75) is 19.8 Å². The third kappa shape index (κ3) is 1.61. The van der Waals surface area contributed by atoms with E-state index in [1.165, 1.54) is 0 Å². The van der Waals surface area contributed by atoms with E-state index in [-0.39, 0.29) is 5.88 Å². The number of aryl methyl sites for hydroxylation is 1. The predicted octanol–water partition coefficient (Wildman–Crippen LogP) is 1.16. The maximum atomic E-state index is 10.0. The van der Waals surface area contributed by atoms with Gasteiger partial charge in [-0.05, 0) is 18.9 Å². The monoisotopic (exact) mass is 153 g/mol. The van der Waals surface area contributed by atoms with E-state index in [0.717, 1.165) is 17.4 Å². The molecular weight excluding hydrogens is 142 g/mol. The van der Waals surface area contributed by atoms with Crippen LogP contribution in [0.2, 0.25) is 0 Å². The summed E-state index contributed by atoms with van der Waals surface area (Å²) in [6, 6.07) is 0. The van der Waals surface area contributed by atoms with Crippen molar-refractivity contribution >= 4 is 6.29 Å². The molecule has 0 amide bonds. The average molecular weight is 153 g/mol. The maximum Gasteiger partial charge on any atom is 0.191 e. The van der Waals surface area contributed by atoms with Crippen LogP contribution in [0.1, 0.15) is 17.5 Å². The summed E-state index contributed by atoms with van der Waals surface area (Å²) in [5.74, 6) is 0.185. The van der Waals surface area contributed by atoms with Gasteiger partial charge in [-0.2, -0.15) is 0 Å². The molecule has 0 saturated carbocycles. The van der Waals surface area contributed by atoms with Crippen molar-refractivity contribution in [2.24, 2.45) is 0 Å². The van der Waals surface area contributed by atoms with Gasteiger partial charge < -0.3 is 14.9 Å². The number of carbonyl (C=O) groups excluding carboxylic acids is 1. The zero-order valence-electron chi connectivity index (χ0n) is 6.42. The SMILES string of the molecule is Cc1c[nH]c(O)c1CCC=O. The maximum absolute atomic E-state index is 10.0. The molecule has 0 unspecified atom stereocenters. The number of aldehydes is 1. The first-order valence-electron chi connectivity index (χ1n) is 3.55. The van der Waals surface area contributed by atoms with Crippen LogP contribution in [0.15, 0.2) is 6.20 Å². The molecule has 0 aromatic carbocycles. The number of aromatic nitrogens is 1. The van der Waals surface area contributed by atoms with Crippen LogP contribution in [-0.2, 0) is 11.2 Å². The fourth-order valence-corrected chi connectivity index (χ4v) is 1.06. The molecule has 0 aliphatic heterocycles. The Bertz CT molecular complexity index is 233. The summed E-state index contributed by atoms with van der Waals surface area (Å²) >= 11 is 0. The largest absolute Gasteiger partial charge is 0.494 e. The molecule has 0 aliphatic rings. The minimum atomic E-state index is 0.185. The average Bonchev–Trinajstić information content (AvgIpc) is 2.29. The van der Waals surface area contributed by atoms with Gasteiger partial charge in [0.2, 0.25) is 0 Å². The van der Waals surface area contributed by atoms with E-state index in [9.17, 15) is 9.90 Å². The summed E-state index contributed by atoms with van der Waals surface area (Å²) in [5, 5.41) is 9.19. The number of rotatable bonds is 3. The molecule has 0 radical (unpaired) electrons. The number of hydrogen-bond donors (Lipinski definition) is 2. The molecule has 3 heteroatoms. The van der Waals surface area contributed by atoms with Gasteiger partial charge in [0.15, 0.2) is 5.88 Å². The van der Waals surface area contributed by atoms with Gasteiger partial charge in [0, 0.05) is 18.2 Å². The summed E-state index contributed by atoms with van der Waals surface area (Å²) in [7, 11) is 0. The lowest BCUT2D eigenvalue weighted by atomic mass is 10.1. The molecule has 0 fully saturated rings. The highest BCUT2D eigenvalue weighted by molar-refractivity contribution is 5.51. The molecule has 0 saturated heterocycles. The first kappa shape index (κ1) is 7.85. The number of H-pyrrole nitrogens is 1. The first-order valence-corrected chi connectivity index (χ1v) is 3.55. The van der Waals surface area contributed by atoms with E-state index in [4.69, 9.17) is 0 Å². The third-order valence-electron chi connectivity index (χ3n) is 1.70. The molecular formula is C8H11NO2. The van der Waals surface area contributed by atoms with E-state index in [2.05, 4.69) is 4.98 Å². The second-order valence-corrected chi connectivity index (χ2v) is 2.50. The van der Waals surface area contributed by atoms with Gasteiger partial charge in [-0.25, -0.2) is 0 Å². The first-order chi connectivity index (χ1) is 5.25. The van der Waals surface area contributed by atoms with Gasteiger partial charge >= 0.3 is 0 Å². The molecule has 1 aromatic rings. The Hall–Kier alpha value is -1.25. The Morgan fingerprint density at radius 2 is 2.45 bits per heavy atom.